The van der Waals surface area contributed by atoms with Gasteiger partial charge in [0, 0.05) is 23.5 Å². The SMILES string of the molecule is CSCCC(NC(=O)C(CCC(N)=O)NC(=O)C(NC(=O)C(N)Cc1c[nH]c2ccccc12)C(C)C)C(=O)O. The summed E-state index contributed by atoms with van der Waals surface area (Å²) in [5.41, 5.74) is 13.2. The van der Waals surface area contributed by atoms with E-state index < -0.39 is 53.8 Å². The number of para-hydroxylation sites is 1. The molecule has 9 N–H and O–H groups in total. The number of carboxylic acids is 1. The van der Waals surface area contributed by atoms with E-state index in [1.54, 1.807) is 20.0 Å². The number of H-pyrrole nitrogens is 1. The summed E-state index contributed by atoms with van der Waals surface area (Å²) in [6, 6.07) is 3.22. The third-order valence-corrected chi connectivity index (χ3v) is 6.88. The molecule has 12 nitrogen and oxygen atoms in total. The number of benzene rings is 1. The number of rotatable bonds is 16. The number of thioether (sulfide) groups is 1. The summed E-state index contributed by atoms with van der Waals surface area (Å²) < 4.78 is 0. The zero-order chi connectivity index (χ0) is 29.1. The number of aliphatic carboxylic acids is 1. The number of carbonyl (C=O) groups excluding carboxylic acids is 4. The molecular weight excluding hydrogens is 524 g/mol. The Morgan fingerprint density at radius 3 is 2.26 bits per heavy atom. The first-order valence-electron chi connectivity index (χ1n) is 12.7. The minimum atomic E-state index is -1.24. The highest BCUT2D eigenvalue weighted by Crippen LogP contribution is 2.19. The number of carboxylic acid groups (broad SMARTS) is 1. The fourth-order valence-corrected chi connectivity index (χ4v) is 4.48. The van der Waals surface area contributed by atoms with Gasteiger partial charge in [0.15, 0.2) is 0 Å². The predicted octanol–water partition coefficient (Wildman–Crippen LogP) is 0.251. The van der Waals surface area contributed by atoms with E-state index >= 15 is 0 Å². The number of aromatic nitrogens is 1. The van der Waals surface area contributed by atoms with Gasteiger partial charge in [-0.2, -0.15) is 11.8 Å². The van der Waals surface area contributed by atoms with Crippen LogP contribution < -0.4 is 27.4 Å². The summed E-state index contributed by atoms with van der Waals surface area (Å²) in [6.45, 7) is 3.44. The van der Waals surface area contributed by atoms with E-state index in [1.807, 2.05) is 30.5 Å². The molecule has 13 heteroatoms. The molecule has 0 radical (unpaired) electrons. The zero-order valence-corrected chi connectivity index (χ0v) is 23.2. The van der Waals surface area contributed by atoms with Crippen LogP contribution in [0.15, 0.2) is 30.5 Å². The summed E-state index contributed by atoms with van der Waals surface area (Å²) in [4.78, 5) is 65.1. The molecule has 0 aliphatic carbocycles. The van der Waals surface area contributed by atoms with Crippen molar-refractivity contribution in [2.45, 2.75) is 63.7 Å². The van der Waals surface area contributed by atoms with Crippen LogP contribution in [-0.2, 0) is 30.4 Å². The molecule has 0 aliphatic rings. The maximum absolute atomic E-state index is 13.2. The van der Waals surface area contributed by atoms with Crippen molar-refractivity contribution in [3.63, 3.8) is 0 Å². The van der Waals surface area contributed by atoms with Crippen molar-refractivity contribution in [2.24, 2.45) is 17.4 Å². The number of carbonyl (C=O) groups is 5. The number of amides is 4. The average molecular weight is 563 g/mol. The van der Waals surface area contributed by atoms with Gasteiger partial charge in [-0.3, -0.25) is 19.2 Å². The van der Waals surface area contributed by atoms with Crippen molar-refractivity contribution in [1.82, 2.24) is 20.9 Å². The van der Waals surface area contributed by atoms with E-state index in [-0.39, 0.29) is 31.6 Å². The highest BCUT2D eigenvalue weighted by Gasteiger charge is 2.32. The maximum Gasteiger partial charge on any atom is 0.326 e. The molecule has 4 unspecified atom stereocenters. The van der Waals surface area contributed by atoms with E-state index in [4.69, 9.17) is 11.5 Å². The van der Waals surface area contributed by atoms with Crippen molar-refractivity contribution in [1.29, 1.82) is 0 Å². The Balaban J connectivity index is 2.11. The molecule has 214 valence electrons. The molecule has 1 aromatic carbocycles. The summed E-state index contributed by atoms with van der Waals surface area (Å²) in [5.74, 6) is -3.75. The predicted molar refractivity (Wildman–Crippen MR) is 150 cm³/mol. The van der Waals surface area contributed by atoms with Gasteiger partial charge in [0.1, 0.15) is 18.1 Å². The first-order valence-corrected chi connectivity index (χ1v) is 14.1. The van der Waals surface area contributed by atoms with Gasteiger partial charge in [-0.15, -0.1) is 0 Å². The Morgan fingerprint density at radius 1 is 0.974 bits per heavy atom. The van der Waals surface area contributed by atoms with Gasteiger partial charge in [0.05, 0.1) is 6.04 Å². The number of nitrogens with one attached hydrogen (secondary N) is 4. The Labute approximate surface area is 231 Å². The van der Waals surface area contributed by atoms with Crippen molar-refractivity contribution >= 4 is 52.3 Å². The lowest BCUT2D eigenvalue weighted by Gasteiger charge is -2.27. The zero-order valence-electron chi connectivity index (χ0n) is 22.4. The second-order valence-corrected chi connectivity index (χ2v) is 10.6. The van der Waals surface area contributed by atoms with E-state index in [9.17, 15) is 29.1 Å². The monoisotopic (exact) mass is 562 g/mol. The van der Waals surface area contributed by atoms with Gasteiger partial charge in [-0.05, 0) is 48.8 Å². The van der Waals surface area contributed by atoms with Crippen LogP contribution in [0.4, 0.5) is 0 Å². The molecule has 0 spiro atoms. The summed E-state index contributed by atoms with van der Waals surface area (Å²) in [7, 11) is 0. The van der Waals surface area contributed by atoms with Gasteiger partial charge in [0.25, 0.3) is 0 Å². The van der Waals surface area contributed by atoms with Gasteiger partial charge in [-0.1, -0.05) is 32.0 Å². The van der Waals surface area contributed by atoms with Crippen LogP contribution in [0.25, 0.3) is 10.9 Å². The molecule has 39 heavy (non-hydrogen) atoms. The largest absolute Gasteiger partial charge is 0.480 e. The quantitative estimate of drug-likeness (QED) is 0.150. The van der Waals surface area contributed by atoms with Crippen LogP contribution in [0, 0.1) is 5.92 Å². The van der Waals surface area contributed by atoms with Gasteiger partial charge in [0.2, 0.25) is 23.6 Å². The molecule has 0 fully saturated rings. The topological polar surface area (TPSA) is 209 Å². The van der Waals surface area contributed by atoms with Gasteiger partial charge < -0.3 is 37.5 Å². The third kappa shape index (κ3) is 9.59. The molecule has 4 amide bonds. The number of nitrogens with two attached hydrogens (primary N) is 2. The number of hydrogen-bond donors (Lipinski definition) is 7. The maximum atomic E-state index is 13.2. The number of aromatic amines is 1. The lowest BCUT2D eigenvalue weighted by atomic mass is 10.00. The van der Waals surface area contributed by atoms with Crippen LogP contribution in [0.5, 0.6) is 0 Å². The van der Waals surface area contributed by atoms with E-state index in [2.05, 4.69) is 20.9 Å². The summed E-state index contributed by atoms with van der Waals surface area (Å²) >= 11 is 1.43. The standard InChI is InChI=1S/C26H38N6O6S/c1-14(2)22(32-23(34)17(27)12-15-13-29-18-7-5-4-6-16(15)18)25(36)30-19(8-9-21(28)33)24(35)31-20(26(37)38)10-11-39-3/h4-7,13-14,17,19-20,22,29H,8-12,27H2,1-3H3,(H2,28,33)(H,30,36)(H,31,35)(H,32,34)(H,37,38). The van der Waals surface area contributed by atoms with Crippen LogP contribution in [0.3, 0.4) is 0 Å². The van der Waals surface area contributed by atoms with Crippen LogP contribution in [0.2, 0.25) is 0 Å². The van der Waals surface area contributed by atoms with Crippen molar-refractivity contribution in [3.05, 3.63) is 36.0 Å². The van der Waals surface area contributed by atoms with E-state index in [0.29, 0.717) is 5.75 Å². The van der Waals surface area contributed by atoms with Crippen LogP contribution in [0.1, 0.15) is 38.7 Å². The molecule has 4 atom stereocenters. The molecule has 1 aromatic heterocycles. The third-order valence-electron chi connectivity index (χ3n) is 6.24. The van der Waals surface area contributed by atoms with Crippen molar-refractivity contribution < 1.29 is 29.1 Å². The minimum absolute atomic E-state index is 0.138. The number of hydrogen-bond acceptors (Lipinski definition) is 7. The summed E-state index contributed by atoms with van der Waals surface area (Å²) in [6.07, 6.45) is 3.66. The Morgan fingerprint density at radius 2 is 1.64 bits per heavy atom. The van der Waals surface area contributed by atoms with E-state index in [0.717, 1.165) is 16.5 Å². The highest BCUT2D eigenvalue weighted by molar-refractivity contribution is 7.98. The smallest absolute Gasteiger partial charge is 0.326 e. The van der Waals surface area contributed by atoms with Gasteiger partial charge in [-0.25, -0.2) is 4.79 Å². The molecular formula is C26H38N6O6S. The molecule has 0 saturated heterocycles. The fraction of sp³-hybridized carbons (Fsp3) is 0.500. The van der Waals surface area contributed by atoms with Crippen molar-refractivity contribution in [3.8, 4) is 0 Å². The number of fused-ring (bicyclic) bond motifs is 1. The average Bonchev–Trinajstić information content (AvgIpc) is 3.29. The van der Waals surface area contributed by atoms with Crippen LogP contribution in [-0.4, -0.2) is 75.9 Å². The minimum Gasteiger partial charge on any atom is -0.480 e. The van der Waals surface area contributed by atoms with Crippen LogP contribution >= 0.6 is 11.8 Å². The van der Waals surface area contributed by atoms with E-state index in [1.165, 1.54) is 11.8 Å². The lowest BCUT2D eigenvalue weighted by Crippen LogP contribution is -2.58. The molecule has 1 heterocycles. The second-order valence-electron chi connectivity index (χ2n) is 9.65. The lowest BCUT2D eigenvalue weighted by molar-refractivity contribution is -0.142. The molecule has 0 aliphatic heterocycles. The fourth-order valence-electron chi connectivity index (χ4n) is 4.01. The Kier molecular flexibility index (Phi) is 12.3. The first kappa shape index (κ1) is 31.6. The normalized spacial score (nSPS) is 14.3. The first-order chi connectivity index (χ1) is 18.4. The molecule has 0 bridgehead atoms. The Bertz CT molecular complexity index is 1170. The molecule has 0 saturated carbocycles. The van der Waals surface area contributed by atoms with Crippen molar-refractivity contribution in [2.75, 3.05) is 12.0 Å². The number of primary amides is 1. The molecule has 2 rings (SSSR count). The Hall–Kier alpha value is -3.58. The highest BCUT2D eigenvalue weighted by atomic mass is 32.2. The van der Waals surface area contributed by atoms with Gasteiger partial charge >= 0.3 is 5.97 Å². The second kappa shape index (κ2) is 15.1. The summed E-state index contributed by atoms with van der Waals surface area (Å²) in [5, 5.41) is 18.0. The molecule has 2 aromatic rings.